The van der Waals surface area contributed by atoms with E-state index in [9.17, 15) is 10.2 Å². The molecular weight excluding hydrogens is 368 g/mol. The Kier molecular flexibility index (Phi) is 9.18. The third kappa shape index (κ3) is 7.11. The smallest absolute Gasteiger partial charge is 0.119 e. The van der Waals surface area contributed by atoms with E-state index in [1.165, 1.54) is 0 Å². The number of aliphatic hydroxyl groups excluding tert-OH is 2. The van der Waals surface area contributed by atoms with Crippen molar-refractivity contribution in [3.8, 4) is 11.5 Å². The van der Waals surface area contributed by atoms with Gasteiger partial charge in [-0.05, 0) is 35.4 Å². The highest BCUT2D eigenvalue weighted by Crippen LogP contribution is 2.21. The molecule has 0 aromatic heterocycles. The molecule has 2 aromatic rings. The maximum Gasteiger partial charge on any atom is 0.119 e. The standard InChI is InChI=1S/C20H26O4S2/c1-23-17-7-3-5-15(9-17)11-25-13-19(21)20(22)14-26-12-16-6-4-8-18(10-16)24-2/h3-10,19-22H,11-14H2,1-2H3/t19-,20-/m1/s1. The van der Waals surface area contributed by atoms with E-state index in [1.54, 1.807) is 37.7 Å². The maximum atomic E-state index is 10.1. The van der Waals surface area contributed by atoms with Crippen molar-refractivity contribution in [3.63, 3.8) is 0 Å². The summed E-state index contributed by atoms with van der Waals surface area (Å²) >= 11 is 3.21. The van der Waals surface area contributed by atoms with E-state index in [1.807, 2.05) is 48.5 Å². The Morgan fingerprint density at radius 1 is 0.769 bits per heavy atom. The summed E-state index contributed by atoms with van der Waals surface area (Å²) in [5.74, 6) is 4.21. The van der Waals surface area contributed by atoms with Crippen molar-refractivity contribution in [1.82, 2.24) is 0 Å². The molecule has 26 heavy (non-hydrogen) atoms. The first-order valence-corrected chi connectivity index (χ1v) is 10.7. The summed E-state index contributed by atoms with van der Waals surface area (Å²) < 4.78 is 10.4. The normalized spacial score (nSPS) is 13.2. The number of aliphatic hydroxyl groups is 2. The monoisotopic (exact) mass is 394 g/mol. The van der Waals surface area contributed by atoms with Gasteiger partial charge in [0.2, 0.25) is 0 Å². The fourth-order valence-corrected chi connectivity index (χ4v) is 4.34. The molecular formula is C20H26O4S2. The molecule has 0 aliphatic carbocycles. The lowest BCUT2D eigenvalue weighted by Gasteiger charge is -2.17. The molecule has 0 fully saturated rings. The van der Waals surface area contributed by atoms with Crippen molar-refractivity contribution < 1.29 is 19.7 Å². The van der Waals surface area contributed by atoms with E-state index in [0.29, 0.717) is 11.5 Å². The fraction of sp³-hybridized carbons (Fsp3) is 0.400. The number of hydrogen-bond acceptors (Lipinski definition) is 6. The summed E-state index contributed by atoms with van der Waals surface area (Å²) in [6.07, 6.45) is -1.47. The Labute approximate surface area is 163 Å². The van der Waals surface area contributed by atoms with Gasteiger partial charge in [0.05, 0.1) is 26.4 Å². The SMILES string of the molecule is COc1cccc(CSC[C@@H](O)[C@H](O)CSCc2cccc(OC)c2)c1. The maximum absolute atomic E-state index is 10.1. The van der Waals surface area contributed by atoms with Gasteiger partial charge < -0.3 is 19.7 Å². The summed E-state index contributed by atoms with van der Waals surface area (Å²) in [5.41, 5.74) is 2.28. The number of methoxy groups -OCH3 is 2. The summed E-state index contributed by atoms with van der Waals surface area (Å²) in [5, 5.41) is 20.3. The van der Waals surface area contributed by atoms with Gasteiger partial charge in [-0.2, -0.15) is 23.5 Å². The van der Waals surface area contributed by atoms with Crippen molar-refractivity contribution in [3.05, 3.63) is 59.7 Å². The average molecular weight is 395 g/mol. The molecule has 2 atom stereocenters. The predicted molar refractivity (Wildman–Crippen MR) is 110 cm³/mol. The second kappa shape index (κ2) is 11.4. The van der Waals surface area contributed by atoms with Crippen molar-refractivity contribution >= 4 is 23.5 Å². The lowest BCUT2D eigenvalue weighted by molar-refractivity contribution is 0.0500. The number of thioether (sulfide) groups is 2. The van der Waals surface area contributed by atoms with Crippen LogP contribution >= 0.6 is 23.5 Å². The molecule has 0 amide bonds. The third-order valence-corrected chi connectivity index (χ3v) is 6.06. The van der Waals surface area contributed by atoms with Gasteiger partial charge in [-0.25, -0.2) is 0 Å². The van der Waals surface area contributed by atoms with Crippen molar-refractivity contribution in [2.45, 2.75) is 23.7 Å². The Balaban J connectivity index is 1.67. The molecule has 0 spiro atoms. The second-order valence-electron chi connectivity index (χ2n) is 5.87. The summed E-state index contributed by atoms with van der Waals surface area (Å²) in [6, 6.07) is 15.8. The molecule has 0 aliphatic rings. The minimum atomic E-state index is -0.733. The van der Waals surface area contributed by atoms with Crippen LogP contribution in [0, 0.1) is 0 Å². The molecule has 2 N–H and O–H groups in total. The second-order valence-corrected chi connectivity index (χ2v) is 7.93. The van der Waals surface area contributed by atoms with Crippen LogP contribution in [0.5, 0.6) is 11.5 Å². The summed E-state index contributed by atoms with van der Waals surface area (Å²) in [4.78, 5) is 0. The largest absolute Gasteiger partial charge is 0.497 e. The molecule has 2 aromatic carbocycles. The minimum Gasteiger partial charge on any atom is -0.497 e. The zero-order chi connectivity index (χ0) is 18.8. The molecule has 142 valence electrons. The van der Waals surface area contributed by atoms with Gasteiger partial charge >= 0.3 is 0 Å². The topological polar surface area (TPSA) is 58.9 Å². The lowest BCUT2D eigenvalue weighted by atomic mass is 10.2. The Bertz CT molecular complexity index is 608. The van der Waals surface area contributed by atoms with Crippen LogP contribution in [0.1, 0.15) is 11.1 Å². The number of benzene rings is 2. The van der Waals surface area contributed by atoms with Crippen molar-refractivity contribution in [1.29, 1.82) is 0 Å². The Morgan fingerprint density at radius 3 is 1.58 bits per heavy atom. The zero-order valence-corrected chi connectivity index (χ0v) is 16.8. The predicted octanol–water partition coefficient (Wildman–Crippen LogP) is 3.59. The Hall–Kier alpha value is -1.34. The molecule has 0 heterocycles. The van der Waals surface area contributed by atoms with E-state index in [0.717, 1.165) is 34.1 Å². The zero-order valence-electron chi connectivity index (χ0n) is 15.1. The average Bonchev–Trinajstić information content (AvgIpc) is 2.68. The van der Waals surface area contributed by atoms with Crippen LogP contribution in [-0.4, -0.2) is 48.1 Å². The molecule has 0 saturated carbocycles. The highest BCUT2D eigenvalue weighted by Gasteiger charge is 2.16. The van der Waals surface area contributed by atoms with E-state index in [4.69, 9.17) is 9.47 Å². The van der Waals surface area contributed by atoms with Crippen LogP contribution in [0.2, 0.25) is 0 Å². The molecule has 0 aliphatic heterocycles. The molecule has 0 unspecified atom stereocenters. The molecule has 0 radical (unpaired) electrons. The van der Waals surface area contributed by atoms with Crippen LogP contribution in [-0.2, 0) is 11.5 Å². The van der Waals surface area contributed by atoms with Crippen LogP contribution in [0.15, 0.2) is 48.5 Å². The Morgan fingerprint density at radius 2 is 1.19 bits per heavy atom. The highest BCUT2D eigenvalue weighted by atomic mass is 32.2. The molecule has 4 nitrogen and oxygen atoms in total. The van der Waals surface area contributed by atoms with Crippen LogP contribution < -0.4 is 9.47 Å². The first kappa shape index (κ1) is 21.0. The first-order valence-electron chi connectivity index (χ1n) is 8.40. The molecule has 0 saturated heterocycles. The van der Waals surface area contributed by atoms with E-state index < -0.39 is 12.2 Å². The van der Waals surface area contributed by atoms with Crippen molar-refractivity contribution in [2.75, 3.05) is 25.7 Å². The summed E-state index contributed by atoms with van der Waals surface area (Å²) in [6.45, 7) is 0. The van der Waals surface area contributed by atoms with Crippen LogP contribution in [0.3, 0.4) is 0 Å². The quantitative estimate of drug-likeness (QED) is 0.607. The molecule has 2 rings (SSSR count). The third-order valence-electron chi connectivity index (χ3n) is 3.83. The van der Waals surface area contributed by atoms with Gasteiger partial charge in [0.25, 0.3) is 0 Å². The lowest BCUT2D eigenvalue weighted by Crippen LogP contribution is -2.30. The van der Waals surface area contributed by atoms with Gasteiger partial charge in [0.15, 0.2) is 0 Å². The minimum absolute atomic E-state index is 0.498. The van der Waals surface area contributed by atoms with Crippen molar-refractivity contribution in [2.24, 2.45) is 0 Å². The van der Waals surface area contributed by atoms with Gasteiger partial charge in [0.1, 0.15) is 11.5 Å². The van der Waals surface area contributed by atoms with Gasteiger partial charge in [-0.1, -0.05) is 24.3 Å². The number of ether oxygens (including phenoxy) is 2. The molecule has 0 bridgehead atoms. The summed E-state index contributed by atoms with van der Waals surface area (Å²) in [7, 11) is 3.30. The number of rotatable bonds is 11. The number of hydrogen-bond donors (Lipinski definition) is 2. The van der Waals surface area contributed by atoms with E-state index in [-0.39, 0.29) is 0 Å². The van der Waals surface area contributed by atoms with Crippen LogP contribution in [0.25, 0.3) is 0 Å². The highest BCUT2D eigenvalue weighted by molar-refractivity contribution is 7.98. The fourth-order valence-electron chi connectivity index (χ4n) is 2.34. The van der Waals surface area contributed by atoms with Gasteiger partial charge in [-0.15, -0.1) is 0 Å². The van der Waals surface area contributed by atoms with E-state index >= 15 is 0 Å². The van der Waals surface area contributed by atoms with Crippen LogP contribution in [0.4, 0.5) is 0 Å². The van der Waals surface area contributed by atoms with Gasteiger partial charge in [0, 0.05) is 23.0 Å². The van der Waals surface area contributed by atoms with E-state index in [2.05, 4.69) is 0 Å². The van der Waals surface area contributed by atoms with Gasteiger partial charge in [-0.3, -0.25) is 0 Å². The first-order chi connectivity index (χ1) is 12.6. The molecule has 6 heteroatoms.